The fourth-order valence-electron chi connectivity index (χ4n) is 4.20. The molecule has 1 aliphatic rings. The van der Waals surface area contributed by atoms with E-state index in [-0.39, 0.29) is 5.82 Å². The molecule has 0 spiro atoms. The molecule has 0 aliphatic carbocycles. The molecule has 0 amide bonds. The normalized spacial score (nSPS) is 13.6. The van der Waals surface area contributed by atoms with Crippen molar-refractivity contribution >= 4 is 22.3 Å². The number of benzene rings is 2. The molecular formula is C24H26FN3. The summed E-state index contributed by atoms with van der Waals surface area (Å²) in [6.07, 6.45) is 3.69. The van der Waals surface area contributed by atoms with Gasteiger partial charge >= 0.3 is 0 Å². The summed E-state index contributed by atoms with van der Waals surface area (Å²) >= 11 is 0. The fourth-order valence-corrected chi connectivity index (χ4v) is 4.20. The van der Waals surface area contributed by atoms with E-state index in [9.17, 15) is 4.39 Å². The Hall–Kier alpha value is -3.01. The monoisotopic (exact) mass is 375 g/mol. The van der Waals surface area contributed by atoms with Gasteiger partial charge in [0, 0.05) is 59.6 Å². The van der Waals surface area contributed by atoms with E-state index in [4.69, 9.17) is 0 Å². The summed E-state index contributed by atoms with van der Waals surface area (Å²) in [4.78, 5) is 2.33. The number of aromatic nitrogens is 1. The zero-order valence-electron chi connectivity index (χ0n) is 16.3. The van der Waals surface area contributed by atoms with E-state index < -0.39 is 0 Å². The van der Waals surface area contributed by atoms with Crippen molar-refractivity contribution in [3.8, 4) is 0 Å². The molecule has 1 aromatic heterocycles. The van der Waals surface area contributed by atoms with Gasteiger partial charge in [0.2, 0.25) is 0 Å². The summed E-state index contributed by atoms with van der Waals surface area (Å²) in [7, 11) is 0. The summed E-state index contributed by atoms with van der Waals surface area (Å²) < 4.78 is 16.4. The van der Waals surface area contributed by atoms with Gasteiger partial charge in [-0.25, -0.2) is 4.39 Å². The Morgan fingerprint density at radius 2 is 1.96 bits per heavy atom. The molecule has 0 bridgehead atoms. The maximum absolute atomic E-state index is 14.1. The smallest absolute Gasteiger partial charge is 0.123 e. The van der Waals surface area contributed by atoms with Crippen molar-refractivity contribution in [3.63, 3.8) is 0 Å². The zero-order chi connectivity index (χ0) is 19.7. The predicted molar refractivity (Wildman–Crippen MR) is 116 cm³/mol. The second kappa shape index (κ2) is 7.55. The van der Waals surface area contributed by atoms with E-state index in [0.717, 1.165) is 60.3 Å². The Labute approximate surface area is 165 Å². The van der Waals surface area contributed by atoms with Gasteiger partial charge in [0.05, 0.1) is 0 Å². The Morgan fingerprint density at radius 3 is 2.68 bits per heavy atom. The van der Waals surface area contributed by atoms with Gasteiger partial charge in [-0.15, -0.1) is 0 Å². The number of hydrogen-bond acceptors (Lipinski definition) is 2. The van der Waals surface area contributed by atoms with E-state index in [1.54, 1.807) is 18.3 Å². The van der Waals surface area contributed by atoms with Crippen molar-refractivity contribution in [3.05, 3.63) is 84.5 Å². The molecule has 0 saturated carbocycles. The first-order chi connectivity index (χ1) is 13.6. The average Bonchev–Trinajstić information content (AvgIpc) is 2.99. The molecule has 0 unspecified atom stereocenters. The molecule has 144 valence electrons. The lowest BCUT2D eigenvalue weighted by molar-refractivity contribution is 0.386. The molecule has 0 radical (unpaired) electrons. The molecule has 2 heterocycles. The summed E-state index contributed by atoms with van der Waals surface area (Å²) in [5, 5.41) is 4.06. The van der Waals surface area contributed by atoms with E-state index in [0.29, 0.717) is 0 Å². The molecule has 2 aromatic carbocycles. The van der Waals surface area contributed by atoms with Gasteiger partial charge in [0.15, 0.2) is 0 Å². The van der Waals surface area contributed by atoms with Gasteiger partial charge in [-0.05, 0) is 48.5 Å². The van der Waals surface area contributed by atoms with Crippen LogP contribution in [0.25, 0.3) is 16.6 Å². The summed E-state index contributed by atoms with van der Waals surface area (Å²) in [5.74, 6) is -0.201. The maximum atomic E-state index is 14.1. The van der Waals surface area contributed by atoms with Crippen molar-refractivity contribution in [2.45, 2.75) is 26.3 Å². The number of fused-ring (bicyclic) bond motifs is 3. The lowest BCUT2D eigenvalue weighted by Gasteiger charge is -2.32. The third-order valence-corrected chi connectivity index (χ3v) is 5.48. The Balaban J connectivity index is 1.79. The highest BCUT2D eigenvalue weighted by molar-refractivity contribution is 5.95. The second-order valence-corrected chi connectivity index (χ2v) is 7.30. The number of rotatable bonds is 6. The quantitative estimate of drug-likeness (QED) is 0.603. The maximum Gasteiger partial charge on any atom is 0.123 e. The molecule has 0 atom stereocenters. The lowest BCUT2D eigenvalue weighted by atomic mass is 10.0. The average molecular weight is 375 g/mol. The van der Waals surface area contributed by atoms with Gasteiger partial charge in [0.1, 0.15) is 5.82 Å². The molecule has 3 aromatic rings. The highest BCUT2D eigenvalue weighted by Gasteiger charge is 2.26. The first-order valence-corrected chi connectivity index (χ1v) is 9.83. The van der Waals surface area contributed by atoms with Gasteiger partial charge in [-0.3, -0.25) is 0 Å². The minimum Gasteiger partial charge on any atom is -0.371 e. The Morgan fingerprint density at radius 1 is 1.18 bits per heavy atom. The molecule has 0 fully saturated rings. The number of halogens is 1. The van der Waals surface area contributed by atoms with E-state index >= 15 is 0 Å². The summed E-state index contributed by atoms with van der Waals surface area (Å²) in [5.41, 5.74) is 6.68. The van der Waals surface area contributed by atoms with Crippen molar-refractivity contribution in [1.29, 1.82) is 0 Å². The molecule has 1 aliphatic heterocycles. The third kappa shape index (κ3) is 3.19. The van der Waals surface area contributed by atoms with Gasteiger partial charge in [0.25, 0.3) is 0 Å². The van der Waals surface area contributed by atoms with Crippen LogP contribution in [0, 0.1) is 5.82 Å². The van der Waals surface area contributed by atoms with Crippen molar-refractivity contribution < 1.29 is 4.39 Å². The Kier molecular flexibility index (Phi) is 4.95. The topological polar surface area (TPSA) is 20.2 Å². The van der Waals surface area contributed by atoms with Crippen molar-refractivity contribution in [1.82, 2.24) is 9.47 Å². The van der Waals surface area contributed by atoms with Crippen LogP contribution in [0.5, 0.6) is 0 Å². The number of nitrogens with one attached hydrogen (secondary N) is 1. The van der Waals surface area contributed by atoms with Crippen LogP contribution in [0.15, 0.2) is 61.8 Å². The highest BCUT2D eigenvalue weighted by atomic mass is 19.1. The SMILES string of the molecule is C=CNc1ccc(Cn2c3c(c4cc(F)ccc42)C(=C)N(CCC)CC3)cc1. The molecular weight excluding hydrogens is 349 g/mol. The minimum atomic E-state index is -0.201. The minimum absolute atomic E-state index is 0.201. The number of anilines is 1. The lowest BCUT2D eigenvalue weighted by Crippen LogP contribution is -2.30. The van der Waals surface area contributed by atoms with Crippen LogP contribution in [0.1, 0.15) is 30.2 Å². The largest absolute Gasteiger partial charge is 0.371 e. The molecule has 4 rings (SSSR count). The highest BCUT2D eigenvalue weighted by Crippen LogP contribution is 2.37. The predicted octanol–water partition coefficient (Wildman–Crippen LogP) is 5.62. The summed E-state index contributed by atoms with van der Waals surface area (Å²) in [6, 6.07) is 13.4. The van der Waals surface area contributed by atoms with Gasteiger partial charge in [-0.2, -0.15) is 0 Å². The van der Waals surface area contributed by atoms with Crippen molar-refractivity contribution in [2.75, 3.05) is 18.4 Å². The van der Waals surface area contributed by atoms with E-state index in [2.05, 4.69) is 59.1 Å². The van der Waals surface area contributed by atoms with Crippen LogP contribution < -0.4 is 5.32 Å². The molecule has 3 nitrogen and oxygen atoms in total. The van der Waals surface area contributed by atoms with E-state index in [1.165, 1.54) is 11.3 Å². The standard InChI is InChI=1S/C24H26FN3/c1-4-13-27-14-12-23-24(17(27)3)21-15-19(25)8-11-22(21)28(23)16-18-6-9-20(10-7-18)26-5-2/h5-11,15,26H,2-4,12-14,16H2,1H3. The van der Waals surface area contributed by atoms with Crippen LogP contribution in [-0.2, 0) is 13.0 Å². The van der Waals surface area contributed by atoms with Crippen LogP contribution in [0.2, 0.25) is 0 Å². The molecule has 4 heteroatoms. The fraction of sp³-hybridized carbons (Fsp3) is 0.250. The number of hydrogen-bond donors (Lipinski definition) is 1. The van der Waals surface area contributed by atoms with Crippen LogP contribution in [-0.4, -0.2) is 22.6 Å². The summed E-state index contributed by atoms with van der Waals surface area (Å²) in [6.45, 7) is 12.9. The van der Waals surface area contributed by atoms with Crippen LogP contribution in [0.4, 0.5) is 10.1 Å². The zero-order valence-corrected chi connectivity index (χ0v) is 16.3. The number of nitrogens with zero attached hydrogens (tertiary/aromatic N) is 2. The van der Waals surface area contributed by atoms with Gasteiger partial charge < -0.3 is 14.8 Å². The molecule has 28 heavy (non-hydrogen) atoms. The van der Waals surface area contributed by atoms with Crippen LogP contribution >= 0.6 is 0 Å². The first-order valence-electron chi connectivity index (χ1n) is 9.83. The van der Waals surface area contributed by atoms with Crippen LogP contribution in [0.3, 0.4) is 0 Å². The first kappa shape index (κ1) is 18.4. The third-order valence-electron chi connectivity index (χ3n) is 5.48. The van der Waals surface area contributed by atoms with Gasteiger partial charge in [-0.1, -0.05) is 32.2 Å². The van der Waals surface area contributed by atoms with Crippen molar-refractivity contribution in [2.24, 2.45) is 0 Å². The van der Waals surface area contributed by atoms with E-state index in [1.807, 2.05) is 6.07 Å². The molecule has 1 N–H and O–H groups in total. The Bertz CT molecular complexity index is 1030. The second-order valence-electron chi connectivity index (χ2n) is 7.30. The molecule has 0 saturated heterocycles.